The van der Waals surface area contributed by atoms with Crippen LogP contribution in [-0.4, -0.2) is 47.7 Å². The van der Waals surface area contributed by atoms with E-state index in [2.05, 4.69) is 10.3 Å². The SMILES string of the molecule is O=C(CSCc1coc(-c2ccccc2)n1)N1CCC2(CCNC2)CC1. The molecule has 1 amide bonds. The fourth-order valence-corrected chi connectivity index (χ4v) is 4.67. The van der Waals surface area contributed by atoms with Crippen molar-refractivity contribution < 1.29 is 9.21 Å². The van der Waals surface area contributed by atoms with Crippen LogP contribution in [0.2, 0.25) is 0 Å². The van der Waals surface area contributed by atoms with Crippen molar-refractivity contribution in [3.05, 3.63) is 42.3 Å². The molecule has 1 aromatic heterocycles. The van der Waals surface area contributed by atoms with Crippen LogP contribution < -0.4 is 5.32 Å². The van der Waals surface area contributed by atoms with E-state index in [1.165, 1.54) is 6.42 Å². The second kappa shape index (κ2) is 7.84. The molecule has 26 heavy (non-hydrogen) atoms. The molecule has 2 aliphatic heterocycles. The predicted octanol–water partition coefficient (Wildman–Crippen LogP) is 3.18. The summed E-state index contributed by atoms with van der Waals surface area (Å²) in [7, 11) is 0. The molecule has 6 heteroatoms. The van der Waals surface area contributed by atoms with Gasteiger partial charge in [0.05, 0.1) is 11.4 Å². The van der Waals surface area contributed by atoms with Crippen LogP contribution in [0.5, 0.6) is 0 Å². The highest BCUT2D eigenvalue weighted by molar-refractivity contribution is 7.99. The Balaban J connectivity index is 1.22. The van der Waals surface area contributed by atoms with Crippen LogP contribution in [0.4, 0.5) is 0 Å². The van der Waals surface area contributed by atoms with Crippen molar-refractivity contribution in [1.29, 1.82) is 0 Å². The summed E-state index contributed by atoms with van der Waals surface area (Å²) in [5, 5.41) is 3.47. The van der Waals surface area contributed by atoms with E-state index in [-0.39, 0.29) is 5.91 Å². The average molecular weight is 372 g/mol. The molecule has 138 valence electrons. The zero-order valence-corrected chi connectivity index (χ0v) is 15.8. The Hall–Kier alpha value is -1.79. The molecular formula is C20H25N3O2S. The first kappa shape index (κ1) is 17.6. The van der Waals surface area contributed by atoms with Gasteiger partial charge in [0.2, 0.25) is 11.8 Å². The number of thioether (sulfide) groups is 1. The quantitative estimate of drug-likeness (QED) is 0.875. The molecule has 5 nitrogen and oxygen atoms in total. The lowest BCUT2D eigenvalue weighted by molar-refractivity contribution is -0.130. The van der Waals surface area contributed by atoms with Gasteiger partial charge in [-0.05, 0) is 43.4 Å². The lowest BCUT2D eigenvalue weighted by Gasteiger charge is -2.38. The molecule has 2 aromatic rings. The first-order valence-corrected chi connectivity index (χ1v) is 10.5. The third-order valence-electron chi connectivity index (χ3n) is 5.56. The lowest BCUT2D eigenvalue weighted by atomic mass is 9.78. The number of nitrogens with zero attached hydrogens (tertiary/aromatic N) is 2. The van der Waals surface area contributed by atoms with E-state index in [9.17, 15) is 4.79 Å². The Bertz CT molecular complexity index is 731. The summed E-state index contributed by atoms with van der Waals surface area (Å²) in [5.74, 6) is 2.10. The van der Waals surface area contributed by atoms with Crippen molar-refractivity contribution in [1.82, 2.24) is 15.2 Å². The average Bonchev–Trinajstić information content (AvgIpc) is 3.33. The summed E-state index contributed by atoms with van der Waals surface area (Å²) in [6.07, 6.45) is 5.23. The molecule has 1 aromatic carbocycles. The maximum atomic E-state index is 12.5. The van der Waals surface area contributed by atoms with Gasteiger partial charge in [0.15, 0.2) is 0 Å². The van der Waals surface area contributed by atoms with Gasteiger partial charge in [-0.2, -0.15) is 0 Å². The molecule has 0 unspecified atom stereocenters. The predicted molar refractivity (Wildman–Crippen MR) is 104 cm³/mol. The summed E-state index contributed by atoms with van der Waals surface area (Å²) >= 11 is 1.61. The summed E-state index contributed by atoms with van der Waals surface area (Å²) in [6, 6.07) is 9.87. The van der Waals surface area contributed by atoms with Crippen LogP contribution in [0.1, 0.15) is 25.0 Å². The molecule has 4 rings (SSSR count). The van der Waals surface area contributed by atoms with Crippen molar-refractivity contribution in [2.24, 2.45) is 5.41 Å². The molecule has 2 saturated heterocycles. The van der Waals surface area contributed by atoms with Gasteiger partial charge in [0, 0.05) is 31.0 Å². The van der Waals surface area contributed by atoms with Crippen LogP contribution >= 0.6 is 11.8 Å². The zero-order chi connectivity index (χ0) is 17.8. The van der Waals surface area contributed by atoms with Gasteiger partial charge in [-0.3, -0.25) is 4.79 Å². The van der Waals surface area contributed by atoms with Crippen molar-refractivity contribution in [3.8, 4) is 11.5 Å². The second-order valence-corrected chi connectivity index (χ2v) is 8.30. The normalized spacial score (nSPS) is 19.2. The van der Waals surface area contributed by atoms with Crippen LogP contribution in [-0.2, 0) is 10.5 Å². The second-order valence-electron chi connectivity index (χ2n) is 7.31. The molecule has 0 bridgehead atoms. The van der Waals surface area contributed by atoms with Crippen molar-refractivity contribution in [3.63, 3.8) is 0 Å². The Morgan fingerprint density at radius 2 is 2.04 bits per heavy atom. The standard InChI is InChI=1S/C20H25N3O2S/c24-18(23-10-7-20(8-11-23)6-9-21-15-20)14-26-13-17-12-25-19(22-17)16-4-2-1-3-5-16/h1-5,12,21H,6-11,13-15H2. The Kier molecular flexibility index (Phi) is 5.31. The van der Waals surface area contributed by atoms with E-state index in [1.54, 1.807) is 18.0 Å². The number of aromatic nitrogens is 1. The number of benzene rings is 1. The van der Waals surface area contributed by atoms with Crippen LogP contribution in [0.3, 0.4) is 0 Å². The number of amides is 1. The summed E-state index contributed by atoms with van der Waals surface area (Å²) in [5.41, 5.74) is 2.32. The number of nitrogens with one attached hydrogen (secondary N) is 1. The minimum Gasteiger partial charge on any atom is -0.444 e. The minimum absolute atomic E-state index is 0.252. The largest absolute Gasteiger partial charge is 0.444 e. The third kappa shape index (κ3) is 3.96. The van der Waals surface area contributed by atoms with Crippen molar-refractivity contribution in [2.45, 2.75) is 25.0 Å². The Morgan fingerprint density at radius 3 is 2.77 bits per heavy atom. The number of carbonyl (C=O) groups excluding carboxylic acids is 1. The lowest BCUT2D eigenvalue weighted by Crippen LogP contribution is -2.44. The molecule has 0 radical (unpaired) electrons. The van der Waals surface area contributed by atoms with E-state index in [4.69, 9.17) is 4.42 Å². The molecule has 0 atom stereocenters. The number of hydrogen-bond acceptors (Lipinski definition) is 5. The van der Waals surface area contributed by atoms with E-state index < -0.39 is 0 Å². The van der Waals surface area contributed by atoms with Gasteiger partial charge >= 0.3 is 0 Å². The monoisotopic (exact) mass is 371 g/mol. The maximum absolute atomic E-state index is 12.5. The first-order chi connectivity index (χ1) is 12.7. The van der Waals surface area contributed by atoms with Gasteiger partial charge in [-0.15, -0.1) is 11.8 Å². The third-order valence-corrected chi connectivity index (χ3v) is 6.51. The van der Waals surface area contributed by atoms with Gasteiger partial charge in [0.1, 0.15) is 6.26 Å². The topological polar surface area (TPSA) is 58.4 Å². The van der Waals surface area contributed by atoms with Crippen LogP contribution in [0.15, 0.2) is 41.0 Å². The summed E-state index contributed by atoms with van der Waals surface area (Å²) in [6.45, 7) is 4.07. The maximum Gasteiger partial charge on any atom is 0.232 e. The molecular weight excluding hydrogens is 346 g/mol. The van der Waals surface area contributed by atoms with E-state index >= 15 is 0 Å². The minimum atomic E-state index is 0.252. The summed E-state index contributed by atoms with van der Waals surface area (Å²) < 4.78 is 5.55. The highest BCUT2D eigenvalue weighted by atomic mass is 32.2. The number of carbonyl (C=O) groups is 1. The number of piperidine rings is 1. The number of likely N-dealkylation sites (tertiary alicyclic amines) is 1. The number of hydrogen-bond donors (Lipinski definition) is 1. The van der Waals surface area contributed by atoms with E-state index in [0.717, 1.165) is 50.3 Å². The number of oxazole rings is 1. The molecule has 2 aliphatic rings. The smallest absolute Gasteiger partial charge is 0.232 e. The highest BCUT2D eigenvalue weighted by Gasteiger charge is 2.37. The van der Waals surface area contributed by atoms with Crippen molar-refractivity contribution in [2.75, 3.05) is 31.9 Å². The zero-order valence-electron chi connectivity index (χ0n) is 14.9. The Labute approximate surface area is 158 Å². The van der Waals surface area contributed by atoms with Crippen molar-refractivity contribution >= 4 is 17.7 Å². The molecule has 0 saturated carbocycles. The fraction of sp³-hybridized carbons (Fsp3) is 0.500. The van der Waals surface area contributed by atoms with Crippen LogP contribution in [0.25, 0.3) is 11.5 Å². The van der Waals surface area contributed by atoms with E-state index in [0.29, 0.717) is 22.8 Å². The molecule has 0 aliphatic carbocycles. The van der Waals surface area contributed by atoms with Gasteiger partial charge in [-0.25, -0.2) is 4.98 Å². The van der Waals surface area contributed by atoms with E-state index in [1.807, 2.05) is 35.2 Å². The molecule has 3 heterocycles. The molecule has 1 N–H and O–H groups in total. The molecule has 2 fully saturated rings. The van der Waals surface area contributed by atoms with Crippen LogP contribution in [0, 0.1) is 5.41 Å². The molecule has 1 spiro atoms. The fourth-order valence-electron chi connectivity index (χ4n) is 3.87. The van der Waals surface area contributed by atoms with Gasteiger partial charge in [-0.1, -0.05) is 18.2 Å². The first-order valence-electron chi connectivity index (χ1n) is 9.30. The Morgan fingerprint density at radius 1 is 1.23 bits per heavy atom. The highest BCUT2D eigenvalue weighted by Crippen LogP contribution is 2.37. The summed E-state index contributed by atoms with van der Waals surface area (Å²) in [4.78, 5) is 19.0. The van der Waals surface area contributed by atoms with Gasteiger partial charge < -0.3 is 14.6 Å². The number of rotatable bonds is 5. The van der Waals surface area contributed by atoms with Gasteiger partial charge in [0.25, 0.3) is 0 Å².